The monoisotopic (exact) mass is 306 g/mol. The number of carbonyl (C=O) groups is 2. The van der Waals surface area contributed by atoms with E-state index in [9.17, 15) is 35.9 Å². The Hall–Kier alpha value is -1.12. The van der Waals surface area contributed by atoms with Crippen LogP contribution in [-0.4, -0.2) is 39.0 Å². The van der Waals surface area contributed by atoms with Crippen LogP contribution in [0.1, 0.15) is 20.8 Å². The minimum atomic E-state index is -5.88. The van der Waals surface area contributed by atoms with E-state index in [1.54, 1.807) is 13.8 Å². The molecule has 1 unspecified atom stereocenters. The van der Waals surface area contributed by atoms with Gasteiger partial charge < -0.3 is 0 Å². The molecule has 0 aliphatic carbocycles. The lowest BCUT2D eigenvalue weighted by Crippen LogP contribution is -2.50. The third kappa shape index (κ3) is 4.48. The average Bonchev–Trinajstić information content (AvgIpc) is 2.25. The average molecular weight is 306 g/mol. The van der Waals surface area contributed by atoms with E-state index in [1.165, 1.54) is 6.92 Å². The molecule has 2 nitrogen and oxygen atoms in total. The van der Waals surface area contributed by atoms with Crippen molar-refractivity contribution in [1.82, 2.24) is 0 Å². The molecule has 0 saturated heterocycles. The van der Waals surface area contributed by atoms with Gasteiger partial charge in [-0.15, -0.1) is 0 Å². The summed E-state index contributed by atoms with van der Waals surface area (Å²) >= 11 is 0. The van der Waals surface area contributed by atoms with Gasteiger partial charge >= 0.3 is 17.9 Å². The van der Waals surface area contributed by atoms with Crippen molar-refractivity contribution in [2.45, 2.75) is 38.7 Å². The lowest BCUT2D eigenvalue weighted by molar-refractivity contribution is -0.197. The zero-order valence-corrected chi connectivity index (χ0v) is 11.8. The molecule has 0 aromatic carbocycles. The zero-order chi connectivity index (χ0) is 15.6. The van der Waals surface area contributed by atoms with Crippen LogP contribution in [0.3, 0.4) is 0 Å². The number of ketones is 2. The highest BCUT2D eigenvalue weighted by Gasteiger charge is 2.60. The third-order valence-corrected chi connectivity index (χ3v) is 4.52. The second-order valence-corrected chi connectivity index (χ2v) is 6.40. The van der Waals surface area contributed by atoms with Crippen molar-refractivity contribution in [3.63, 3.8) is 0 Å². The quantitative estimate of drug-likeness (QED) is 0.443. The molecule has 0 saturated carbocycles. The second-order valence-electron chi connectivity index (χ2n) is 4.22. The van der Waals surface area contributed by atoms with E-state index in [2.05, 4.69) is 0 Å². The summed E-state index contributed by atoms with van der Waals surface area (Å²) in [5, 5.41) is 0.385. The van der Waals surface area contributed by atoms with Gasteiger partial charge in [0.2, 0.25) is 5.78 Å². The Labute approximate surface area is 107 Å². The molecule has 1 atom stereocenters. The smallest absolute Gasteiger partial charge is 0.289 e. The minimum absolute atomic E-state index is 0.385. The summed E-state index contributed by atoms with van der Waals surface area (Å²) in [6.07, 6.45) is -5.88. The highest BCUT2D eigenvalue weighted by molar-refractivity contribution is 6.53. The summed E-state index contributed by atoms with van der Waals surface area (Å²) in [6, 6.07) is 0. The van der Waals surface area contributed by atoms with E-state index in [0.29, 0.717) is 10.8 Å². The zero-order valence-electron chi connectivity index (χ0n) is 10.4. The largest absolute Gasteiger partial charge is 0.456 e. The maximum Gasteiger partial charge on any atom is 0.456 e. The lowest BCUT2D eigenvalue weighted by Gasteiger charge is -2.17. The van der Waals surface area contributed by atoms with Crippen molar-refractivity contribution in [1.29, 1.82) is 0 Å². The molecule has 0 fully saturated rings. The summed E-state index contributed by atoms with van der Waals surface area (Å²) in [7, 11) is -2.13. The number of allylic oxidation sites excluding steroid dienone is 2. The van der Waals surface area contributed by atoms with Crippen molar-refractivity contribution in [3.8, 4) is 0 Å². The Balaban J connectivity index is 5.11. The molecule has 0 aliphatic heterocycles. The topological polar surface area (TPSA) is 34.1 Å². The van der Waals surface area contributed by atoms with Gasteiger partial charge in [-0.3, -0.25) is 9.59 Å². The molecule has 110 valence electrons. The first kappa shape index (κ1) is 17.9. The van der Waals surface area contributed by atoms with Crippen LogP contribution in [0.25, 0.3) is 0 Å². The van der Waals surface area contributed by atoms with Crippen LogP contribution in [0, 0.1) is 0 Å². The summed E-state index contributed by atoms with van der Waals surface area (Å²) in [6.45, 7) is 4.52. The van der Waals surface area contributed by atoms with Gasteiger partial charge in [0.25, 0.3) is 0 Å². The normalized spacial score (nSPS) is 14.6. The number of halogens is 6. The van der Waals surface area contributed by atoms with Gasteiger partial charge in [-0.05, 0) is 20.8 Å². The number of Topliss-reactive ketones (excluding diaryl/α,β-unsaturated/α-hetero) is 2. The summed E-state index contributed by atoms with van der Waals surface area (Å²) < 4.78 is 74.8. The Bertz CT molecular complexity index is 409. The lowest BCUT2D eigenvalue weighted by atomic mass is 10.1. The van der Waals surface area contributed by atoms with E-state index in [0.717, 1.165) is 0 Å². The van der Waals surface area contributed by atoms with Crippen LogP contribution in [-0.2, 0) is 9.59 Å². The summed E-state index contributed by atoms with van der Waals surface area (Å²) in [5.41, 5.74) is 0.604. The molecule has 0 spiro atoms. The highest BCUT2D eigenvalue weighted by atomic mass is 28.2. The number of hydrogen-bond acceptors (Lipinski definition) is 2. The number of alkyl halides is 6. The third-order valence-electron chi connectivity index (χ3n) is 2.48. The Kier molecular flexibility index (Phi) is 5.54. The molecule has 0 rings (SSSR count). The first-order chi connectivity index (χ1) is 8.31. The standard InChI is InChI=1S/C10H12F6O2Si/c1-4(2)5(3)19-7(11)6(17)9(12,13)8(18)10(14,15)16/h7H,19H2,1-3H3. The second kappa shape index (κ2) is 5.89. The Morgan fingerprint density at radius 3 is 1.74 bits per heavy atom. The van der Waals surface area contributed by atoms with E-state index < -0.39 is 39.0 Å². The van der Waals surface area contributed by atoms with E-state index in [-0.39, 0.29) is 0 Å². The van der Waals surface area contributed by atoms with Crippen LogP contribution in [0.5, 0.6) is 0 Å². The predicted molar refractivity (Wildman–Crippen MR) is 58.5 cm³/mol. The van der Waals surface area contributed by atoms with Gasteiger partial charge in [0.05, 0.1) is 9.52 Å². The minimum Gasteiger partial charge on any atom is -0.289 e. The fourth-order valence-corrected chi connectivity index (χ4v) is 2.44. The van der Waals surface area contributed by atoms with Gasteiger partial charge in [-0.2, -0.15) is 22.0 Å². The fraction of sp³-hybridized carbons (Fsp3) is 0.600. The molecule has 0 aromatic heterocycles. The van der Waals surface area contributed by atoms with Crippen molar-refractivity contribution < 1.29 is 35.9 Å². The first-order valence-electron chi connectivity index (χ1n) is 5.12. The maximum absolute atomic E-state index is 13.3. The fourth-order valence-electron chi connectivity index (χ4n) is 1.05. The van der Waals surface area contributed by atoms with Crippen LogP contribution in [0.4, 0.5) is 26.3 Å². The van der Waals surface area contributed by atoms with Crippen molar-refractivity contribution in [3.05, 3.63) is 10.8 Å². The van der Waals surface area contributed by atoms with Gasteiger partial charge in [-0.1, -0.05) is 10.8 Å². The predicted octanol–water partition coefficient (Wildman–Crippen LogP) is 2.10. The van der Waals surface area contributed by atoms with E-state index >= 15 is 0 Å². The van der Waals surface area contributed by atoms with Crippen LogP contribution in [0.15, 0.2) is 10.8 Å². The van der Waals surface area contributed by atoms with E-state index in [4.69, 9.17) is 0 Å². The molecular formula is C10H12F6O2Si. The van der Waals surface area contributed by atoms with Gasteiger partial charge in [0.1, 0.15) is 0 Å². The maximum atomic E-state index is 13.3. The molecule has 0 bridgehead atoms. The molecular weight excluding hydrogens is 294 g/mol. The first-order valence-corrected chi connectivity index (χ1v) is 6.65. The number of hydrogen-bond donors (Lipinski definition) is 0. The molecule has 0 N–H and O–H groups in total. The number of carbonyl (C=O) groups excluding carboxylic acids is 2. The molecule has 0 radical (unpaired) electrons. The molecule has 0 amide bonds. The van der Waals surface area contributed by atoms with Gasteiger partial charge in [0, 0.05) is 0 Å². The summed E-state index contributed by atoms with van der Waals surface area (Å²) in [5.74, 6) is -14.2. The molecule has 0 aliphatic rings. The summed E-state index contributed by atoms with van der Waals surface area (Å²) in [4.78, 5) is 21.4. The molecule has 0 heterocycles. The van der Waals surface area contributed by atoms with Gasteiger partial charge in [-0.25, -0.2) is 4.39 Å². The highest BCUT2D eigenvalue weighted by Crippen LogP contribution is 2.30. The van der Waals surface area contributed by atoms with E-state index in [1.807, 2.05) is 0 Å². The van der Waals surface area contributed by atoms with Crippen molar-refractivity contribution in [2.75, 3.05) is 0 Å². The molecule has 9 heteroatoms. The molecule has 19 heavy (non-hydrogen) atoms. The van der Waals surface area contributed by atoms with Crippen molar-refractivity contribution in [2.24, 2.45) is 0 Å². The van der Waals surface area contributed by atoms with Crippen LogP contribution >= 0.6 is 0 Å². The van der Waals surface area contributed by atoms with Crippen LogP contribution in [0.2, 0.25) is 0 Å². The van der Waals surface area contributed by atoms with Crippen LogP contribution < -0.4 is 0 Å². The Morgan fingerprint density at radius 1 is 1.00 bits per heavy atom. The number of rotatable bonds is 5. The molecule has 0 aromatic rings. The Morgan fingerprint density at radius 2 is 1.42 bits per heavy atom. The van der Waals surface area contributed by atoms with Crippen molar-refractivity contribution >= 4 is 21.1 Å². The SMILES string of the molecule is CC(C)=C(C)[SiH2]C(F)C(=O)C(F)(F)C(=O)C(F)(F)F. The van der Waals surface area contributed by atoms with Gasteiger partial charge in [0.15, 0.2) is 5.79 Å².